The van der Waals surface area contributed by atoms with Crippen molar-refractivity contribution < 1.29 is 9.66 Å². The average molecular weight is 383 g/mol. The summed E-state index contributed by atoms with van der Waals surface area (Å²) in [7, 11) is 3.75. The number of hydrogen-bond acceptors (Lipinski definition) is 7. The maximum atomic E-state index is 10.7. The highest BCUT2D eigenvalue weighted by molar-refractivity contribution is 5.86. The minimum absolute atomic E-state index is 0.0630. The lowest BCUT2D eigenvalue weighted by Gasteiger charge is -2.45. The SMILES string of the molecule is COc1cc2c(cc1/C=N\Nc1ccc([N+](=O)[O-])cn1)C(C)CC(C)(C)N2C. The molecule has 3 rings (SSSR count). The van der Waals surface area contributed by atoms with E-state index in [2.05, 4.69) is 60.4 Å². The molecule has 0 radical (unpaired) electrons. The lowest BCUT2D eigenvalue weighted by atomic mass is 9.80. The summed E-state index contributed by atoms with van der Waals surface area (Å²) in [5.74, 6) is 1.58. The third-order valence-corrected chi connectivity index (χ3v) is 5.33. The van der Waals surface area contributed by atoms with Crippen LogP contribution >= 0.6 is 0 Å². The molecule has 2 heterocycles. The maximum absolute atomic E-state index is 10.7. The van der Waals surface area contributed by atoms with Crippen LogP contribution in [0.4, 0.5) is 17.2 Å². The molecule has 1 aliphatic heterocycles. The molecule has 1 unspecified atom stereocenters. The number of rotatable bonds is 5. The molecule has 0 saturated carbocycles. The first-order chi connectivity index (χ1) is 13.2. The monoisotopic (exact) mass is 383 g/mol. The molecule has 0 spiro atoms. The van der Waals surface area contributed by atoms with Gasteiger partial charge in [0.2, 0.25) is 0 Å². The van der Waals surface area contributed by atoms with Crippen LogP contribution in [0.25, 0.3) is 0 Å². The Bertz CT molecular complexity index is 909. The minimum atomic E-state index is -0.489. The van der Waals surface area contributed by atoms with Crippen molar-refractivity contribution in [2.45, 2.75) is 38.6 Å². The number of hydrogen-bond donors (Lipinski definition) is 1. The van der Waals surface area contributed by atoms with Crippen LogP contribution in [0.2, 0.25) is 0 Å². The van der Waals surface area contributed by atoms with E-state index in [4.69, 9.17) is 4.74 Å². The number of benzene rings is 1. The number of nitrogens with one attached hydrogen (secondary N) is 1. The number of ether oxygens (including phenoxy) is 1. The van der Waals surface area contributed by atoms with E-state index in [1.54, 1.807) is 13.3 Å². The van der Waals surface area contributed by atoms with Gasteiger partial charge in [-0.05, 0) is 43.9 Å². The third-order valence-electron chi connectivity index (χ3n) is 5.33. The number of methoxy groups -OCH3 is 1. The molecule has 8 nitrogen and oxygen atoms in total. The quantitative estimate of drug-likeness (QED) is 0.473. The number of nitrogens with zero attached hydrogens (tertiary/aromatic N) is 4. The van der Waals surface area contributed by atoms with Crippen molar-refractivity contribution >= 4 is 23.4 Å². The number of anilines is 2. The van der Waals surface area contributed by atoms with Crippen LogP contribution in [0, 0.1) is 10.1 Å². The molecule has 1 aromatic heterocycles. The molecule has 0 bridgehead atoms. The molecule has 148 valence electrons. The topological polar surface area (TPSA) is 92.9 Å². The van der Waals surface area contributed by atoms with Gasteiger partial charge in [0.15, 0.2) is 0 Å². The first kappa shape index (κ1) is 19.6. The summed E-state index contributed by atoms with van der Waals surface area (Å²) in [5, 5.41) is 14.9. The van der Waals surface area contributed by atoms with E-state index in [9.17, 15) is 10.1 Å². The Kier molecular flexibility index (Phi) is 5.22. The Morgan fingerprint density at radius 3 is 2.79 bits per heavy atom. The number of fused-ring (bicyclic) bond motifs is 1. The fraction of sp³-hybridized carbons (Fsp3) is 0.400. The molecule has 0 saturated heterocycles. The van der Waals surface area contributed by atoms with Gasteiger partial charge in [-0.15, -0.1) is 0 Å². The van der Waals surface area contributed by atoms with Crippen LogP contribution in [-0.4, -0.2) is 35.8 Å². The van der Waals surface area contributed by atoms with Gasteiger partial charge in [0.1, 0.15) is 17.8 Å². The molecule has 0 amide bonds. The van der Waals surface area contributed by atoms with Gasteiger partial charge in [0.25, 0.3) is 5.69 Å². The third kappa shape index (κ3) is 3.76. The Morgan fingerprint density at radius 2 is 2.18 bits per heavy atom. The molecule has 0 aliphatic carbocycles. The number of hydrazone groups is 1. The van der Waals surface area contributed by atoms with E-state index >= 15 is 0 Å². The van der Waals surface area contributed by atoms with E-state index in [0.29, 0.717) is 11.7 Å². The fourth-order valence-corrected chi connectivity index (χ4v) is 3.62. The van der Waals surface area contributed by atoms with Crippen molar-refractivity contribution in [3.05, 3.63) is 51.7 Å². The lowest BCUT2D eigenvalue weighted by Crippen LogP contribution is -2.45. The Morgan fingerprint density at radius 1 is 1.43 bits per heavy atom. The van der Waals surface area contributed by atoms with Crippen molar-refractivity contribution in [3.8, 4) is 5.75 Å². The predicted octanol–water partition coefficient (Wildman–Crippen LogP) is 4.17. The van der Waals surface area contributed by atoms with Gasteiger partial charge in [0.05, 0.1) is 18.2 Å². The average Bonchev–Trinajstić information content (AvgIpc) is 2.66. The van der Waals surface area contributed by atoms with Crippen molar-refractivity contribution in [3.63, 3.8) is 0 Å². The molecular formula is C20H25N5O3. The minimum Gasteiger partial charge on any atom is -0.496 e. The first-order valence-electron chi connectivity index (χ1n) is 9.08. The lowest BCUT2D eigenvalue weighted by molar-refractivity contribution is -0.385. The molecular weight excluding hydrogens is 358 g/mol. The molecule has 8 heteroatoms. The Balaban J connectivity index is 1.85. The van der Waals surface area contributed by atoms with Gasteiger partial charge in [-0.2, -0.15) is 5.10 Å². The second-order valence-electron chi connectivity index (χ2n) is 7.66. The van der Waals surface area contributed by atoms with Gasteiger partial charge in [-0.3, -0.25) is 15.5 Å². The van der Waals surface area contributed by atoms with E-state index in [0.717, 1.165) is 17.7 Å². The normalized spacial score (nSPS) is 18.0. The van der Waals surface area contributed by atoms with E-state index in [1.807, 2.05) is 0 Å². The molecule has 1 aliphatic rings. The second-order valence-corrected chi connectivity index (χ2v) is 7.66. The predicted molar refractivity (Wildman–Crippen MR) is 111 cm³/mol. The van der Waals surface area contributed by atoms with Crippen molar-refractivity contribution in [2.24, 2.45) is 5.10 Å². The van der Waals surface area contributed by atoms with Gasteiger partial charge in [-0.25, -0.2) is 4.98 Å². The van der Waals surface area contributed by atoms with Crippen molar-refractivity contribution in [2.75, 3.05) is 24.5 Å². The van der Waals surface area contributed by atoms with Crippen LogP contribution in [0.1, 0.15) is 44.2 Å². The van der Waals surface area contributed by atoms with E-state index in [1.165, 1.54) is 29.6 Å². The van der Waals surface area contributed by atoms with Crippen LogP contribution in [0.3, 0.4) is 0 Å². The number of nitro groups is 1. The number of pyridine rings is 1. The molecule has 1 N–H and O–H groups in total. The summed E-state index contributed by atoms with van der Waals surface area (Å²) in [6.45, 7) is 6.73. The number of aromatic nitrogens is 1. The molecule has 1 aromatic carbocycles. The molecule has 1 atom stereocenters. The summed E-state index contributed by atoms with van der Waals surface area (Å²) in [4.78, 5) is 16.5. The Labute approximate surface area is 164 Å². The van der Waals surface area contributed by atoms with Gasteiger partial charge in [-0.1, -0.05) is 6.92 Å². The van der Waals surface area contributed by atoms with Crippen molar-refractivity contribution in [1.29, 1.82) is 0 Å². The highest BCUT2D eigenvalue weighted by atomic mass is 16.6. The first-order valence-corrected chi connectivity index (χ1v) is 9.08. The zero-order valence-corrected chi connectivity index (χ0v) is 16.8. The van der Waals surface area contributed by atoms with Crippen molar-refractivity contribution in [1.82, 2.24) is 4.98 Å². The van der Waals surface area contributed by atoms with Gasteiger partial charge < -0.3 is 9.64 Å². The molecule has 2 aromatic rings. The summed E-state index contributed by atoms with van der Waals surface area (Å²) < 4.78 is 5.57. The zero-order valence-electron chi connectivity index (χ0n) is 16.8. The standard InChI is InChI=1S/C20H25N5O3/c1-13-10-20(2,3)24(4)17-9-18(28-5)14(8-16(13)17)11-22-23-19-7-6-15(12-21-19)25(26)27/h6-9,11-13H,10H2,1-5H3,(H,21,23)/b22-11-. The summed E-state index contributed by atoms with van der Waals surface area (Å²) >= 11 is 0. The van der Waals surface area contributed by atoms with E-state index in [-0.39, 0.29) is 11.2 Å². The van der Waals surface area contributed by atoms with Gasteiger partial charge >= 0.3 is 0 Å². The molecule has 0 fully saturated rings. The Hall–Kier alpha value is -3.16. The van der Waals surface area contributed by atoms with Gasteiger partial charge in [0, 0.05) is 36.0 Å². The smallest absolute Gasteiger partial charge is 0.287 e. The summed E-state index contributed by atoms with van der Waals surface area (Å²) in [6.07, 6.45) is 3.93. The zero-order chi connectivity index (χ0) is 20.5. The highest BCUT2D eigenvalue weighted by Gasteiger charge is 2.34. The van der Waals surface area contributed by atoms with Crippen LogP contribution in [0.15, 0.2) is 35.6 Å². The second kappa shape index (κ2) is 7.46. The van der Waals surface area contributed by atoms with Crippen LogP contribution < -0.4 is 15.1 Å². The highest BCUT2D eigenvalue weighted by Crippen LogP contribution is 2.44. The molecule has 28 heavy (non-hydrogen) atoms. The van der Waals surface area contributed by atoms with E-state index < -0.39 is 4.92 Å². The summed E-state index contributed by atoms with van der Waals surface area (Å²) in [5.41, 5.74) is 6.10. The fourth-order valence-electron chi connectivity index (χ4n) is 3.62. The summed E-state index contributed by atoms with van der Waals surface area (Å²) in [6, 6.07) is 7.06. The maximum Gasteiger partial charge on any atom is 0.287 e. The largest absolute Gasteiger partial charge is 0.496 e. The van der Waals surface area contributed by atoms with Crippen LogP contribution in [0.5, 0.6) is 5.75 Å². The van der Waals surface area contributed by atoms with Crippen LogP contribution in [-0.2, 0) is 0 Å².